The summed E-state index contributed by atoms with van der Waals surface area (Å²) in [5, 5.41) is 20.7. The number of hydrogen-bond donors (Lipinski definition) is 1. The molecule has 1 aromatic rings. The fourth-order valence-corrected chi connectivity index (χ4v) is 2.09. The smallest absolute Gasteiger partial charge is 0.292 e. The van der Waals surface area contributed by atoms with Crippen molar-refractivity contribution in [2.24, 2.45) is 0 Å². The van der Waals surface area contributed by atoms with Crippen LogP contribution >= 0.6 is 0 Å². The molecular formula is C14H22N2O3. The summed E-state index contributed by atoms with van der Waals surface area (Å²) in [4.78, 5) is 12.7. The Morgan fingerprint density at radius 3 is 2.53 bits per heavy atom. The van der Waals surface area contributed by atoms with E-state index in [-0.39, 0.29) is 11.7 Å². The summed E-state index contributed by atoms with van der Waals surface area (Å²) in [6, 6.07) is 5.14. The number of rotatable bonds is 6. The van der Waals surface area contributed by atoms with E-state index in [9.17, 15) is 15.2 Å². The van der Waals surface area contributed by atoms with Crippen LogP contribution in [-0.2, 0) is 0 Å². The zero-order valence-corrected chi connectivity index (χ0v) is 12.0. The first kappa shape index (κ1) is 15.4. The van der Waals surface area contributed by atoms with Crippen molar-refractivity contribution in [2.45, 2.75) is 45.8 Å². The Bertz CT molecular complexity index is 446. The van der Waals surface area contributed by atoms with Crippen LogP contribution in [0.25, 0.3) is 0 Å². The van der Waals surface area contributed by atoms with Crippen molar-refractivity contribution in [2.75, 3.05) is 11.9 Å². The molecule has 0 aliphatic heterocycles. The first-order chi connectivity index (χ1) is 8.88. The lowest BCUT2D eigenvalue weighted by Gasteiger charge is -2.26. The molecule has 0 aromatic heterocycles. The maximum Gasteiger partial charge on any atom is 0.292 e. The van der Waals surface area contributed by atoms with Crippen LogP contribution < -0.4 is 4.90 Å². The summed E-state index contributed by atoms with van der Waals surface area (Å²) in [5.41, 5.74) is 1.20. The highest BCUT2D eigenvalue weighted by molar-refractivity contribution is 5.64. The molecule has 19 heavy (non-hydrogen) atoms. The van der Waals surface area contributed by atoms with Gasteiger partial charge in [0.1, 0.15) is 5.69 Å². The summed E-state index contributed by atoms with van der Waals surface area (Å²) in [7, 11) is 1.87. The van der Waals surface area contributed by atoms with Crippen molar-refractivity contribution >= 4 is 11.4 Å². The van der Waals surface area contributed by atoms with Crippen molar-refractivity contribution in [3.05, 3.63) is 33.9 Å². The lowest BCUT2D eigenvalue weighted by Crippen LogP contribution is -2.29. The van der Waals surface area contributed by atoms with E-state index in [0.717, 1.165) is 12.8 Å². The van der Waals surface area contributed by atoms with Crippen molar-refractivity contribution in [3.8, 4) is 0 Å². The fourth-order valence-electron chi connectivity index (χ4n) is 2.09. The van der Waals surface area contributed by atoms with Gasteiger partial charge in [-0.05, 0) is 31.9 Å². The Labute approximate surface area is 114 Å². The van der Waals surface area contributed by atoms with Crippen LogP contribution in [0.4, 0.5) is 11.4 Å². The monoisotopic (exact) mass is 266 g/mol. The van der Waals surface area contributed by atoms with E-state index >= 15 is 0 Å². The molecule has 0 bridgehead atoms. The first-order valence-electron chi connectivity index (χ1n) is 6.57. The summed E-state index contributed by atoms with van der Waals surface area (Å²) in [6.07, 6.45) is 1.31. The molecule has 0 spiro atoms. The zero-order chi connectivity index (χ0) is 14.6. The van der Waals surface area contributed by atoms with E-state index in [1.54, 1.807) is 19.1 Å². The number of anilines is 1. The van der Waals surface area contributed by atoms with Crippen LogP contribution in [0, 0.1) is 10.1 Å². The number of nitrogens with zero attached hydrogens (tertiary/aromatic N) is 2. The molecule has 1 rings (SSSR count). The molecule has 5 heteroatoms. The molecule has 0 aliphatic rings. The van der Waals surface area contributed by atoms with E-state index < -0.39 is 11.0 Å². The molecular weight excluding hydrogens is 244 g/mol. The van der Waals surface area contributed by atoms with Crippen LogP contribution in [0.15, 0.2) is 18.2 Å². The van der Waals surface area contributed by atoms with Crippen LogP contribution in [0.5, 0.6) is 0 Å². The van der Waals surface area contributed by atoms with Gasteiger partial charge in [0.15, 0.2) is 0 Å². The third kappa shape index (κ3) is 3.67. The minimum atomic E-state index is -0.703. The summed E-state index contributed by atoms with van der Waals surface area (Å²) >= 11 is 0. The van der Waals surface area contributed by atoms with Crippen molar-refractivity contribution in [3.63, 3.8) is 0 Å². The molecule has 0 saturated carbocycles. The van der Waals surface area contributed by atoms with Crippen molar-refractivity contribution in [1.29, 1.82) is 0 Å². The van der Waals surface area contributed by atoms with Crippen molar-refractivity contribution in [1.82, 2.24) is 0 Å². The average molecular weight is 266 g/mol. The SMILES string of the molecule is CCCC(C)N(C)c1ccc(C(C)O)cc1[N+](=O)[O-]. The second kappa shape index (κ2) is 6.52. The van der Waals surface area contributed by atoms with E-state index in [2.05, 4.69) is 13.8 Å². The molecule has 106 valence electrons. The fraction of sp³-hybridized carbons (Fsp3) is 0.571. The summed E-state index contributed by atoms with van der Waals surface area (Å²) in [6.45, 7) is 5.74. The predicted octanol–water partition coefficient (Wildman–Crippen LogP) is 3.27. The maximum absolute atomic E-state index is 11.2. The van der Waals surface area contributed by atoms with Crippen molar-refractivity contribution < 1.29 is 10.0 Å². The molecule has 0 amide bonds. The summed E-state index contributed by atoms with van der Waals surface area (Å²) < 4.78 is 0. The van der Waals surface area contributed by atoms with Gasteiger partial charge in [-0.2, -0.15) is 0 Å². The van der Waals surface area contributed by atoms with Gasteiger partial charge in [0.05, 0.1) is 11.0 Å². The van der Waals surface area contributed by atoms with E-state index in [1.807, 2.05) is 11.9 Å². The third-order valence-corrected chi connectivity index (χ3v) is 3.43. The molecule has 0 saturated heterocycles. The maximum atomic E-state index is 11.2. The number of hydrogen-bond acceptors (Lipinski definition) is 4. The first-order valence-corrected chi connectivity index (χ1v) is 6.57. The minimum Gasteiger partial charge on any atom is -0.389 e. The molecule has 0 aliphatic carbocycles. The molecule has 0 heterocycles. The second-order valence-electron chi connectivity index (χ2n) is 4.93. The van der Waals surface area contributed by atoms with Crippen LogP contribution in [-0.4, -0.2) is 23.1 Å². The average Bonchev–Trinajstić information content (AvgIpc) is 2.37. The van der Waals surface area contributed by atoms with E-state index in [4.69, 9.17) is 0 Å². The van der Waals surface area contributed by atoms with Gasteiger partial charge in [0.2, 0.25) is 0 Å². The Balaban J connectivity index is 3.16. The molecule has 0 fully saturated rings. The zero-order valence-electron chi connectivity index (χ0n) is 12.0. The van der Waals surface area contributed by atoms with Gasteiger partial charge in [-0.1, -0.05) is 19.4 Å². The van der Waals surface area contributed by atoms with Gasteiger partial charge >= 0.3 is 0 Å². The number of benzene rings is 1. The predicted molar refractivity (Wildman–Crippen MR) is 76.5 cm³/mol. The standard InChI is InChI=1S/C14H22N2O3/c1-5-6-10(2)15(4)13-8-7-12(11(3)17)9-14(13)16(18)19/h7-11,17H,5-6H2,1-4H3. The van der Waals surface area contributed by atoms with Crippen LogP contribution in [0.3, 0.4) is 0 Å². The van der Waals surface area contributed by atoms with Crippen LogP contribution in [0.2, 0.25) is 0 Å². The second-order valence-corrected chi connectivity index (χ2v) is 4.93. The lowest BCUT2D eigenvalue weighted by molar-refractivity contribution is -0.384. The molecule has 5 nitrogen and oxygen atoms in total. The highest BCUT2D eigenvalue weighted by Gasteiger charge is 2.21. The van der Waals surface area contributed by atoms with Crippen LogP contribution in [0.1, 0.15) is 45.3 Å². The van der Waals surface area contributed by atoms with Gasteiger partial charge in [-0.15, -0.1) is 0 Å². The van der Waals surface area contributed by atoms with Gasteiger partial charge in [-0.25, -0.2) is 0 Å². The minimum absolute atomic E-state index is 0.0452. The molecule has 1 N–H and O–H groups in total. The van der Waals surface area contributed by atoms with Gasteiger partial charge < -0.3 is 10.0 Å². The normalized spacial score (nSPS) is 13.9. The van der Waals surface area contributed by atoms with E-state index in [0.29, 0.717) is 11.3 Å². The molecule has 0 radical (unpaired) electrons. The summed E-state index contributed by atoms with van der Waals surface area (Å²) in [5.74, 6) is 0. The Hall–Kier alpha value is -1.62. The number of nitro benzene ring substituents is 1. The Morgan fingerprint density at radius 1 is 1.42 bits per heavy atom. The van der Waals surface area contributed by atoms with Gasteiger partial charge in [-0.3, -0.25) is 10.1 Å². The Kier molecular flexibility index (Phi) is 5.30. The third-order valence-electron chi connectivity index (χ3n) is 3.43. The van der Waals surface area contributed by atoms with Gasteiger partial charge in [0.25, 0.3) is 5.69 Å². The molecule has 2 atom stereocenters. The quantitative estimate of drug-likeness (QED) is 0.634. The van der Waals surface area contributed by atoms with Gasteiger partial charge in [0, 0.05) is 19.2 Å². The Morgan fingerprint density at radius 2 is 2.05 bits per heavy atom. The highest BCUT2D eigenvalue weighted by Crippen LogP contribution is 2.32. The topological polar surface area (TPSA) is 66.6 Å². The molecule has 1 aromatic carbocycles. The highest BCUT2D eigenvalue weighted by atomic mass is 16.6. The molecule has 2 unspecified atom stereocenters. The number of aliphatic hydroxyl groups is 1. The lowest BCUT2D eigenvalue weighted by atomic mass is 10.1. The largest absolute Gasteiger partial charge is 0.389 e. The van der Waals surface area contributed by atoms with E-state index in [1.165, 1.54) is 6.07 Å². The number of nitro groups is 1. The number of aliphatic hydroxyl groups excluding tert-OH is 1.